The van der Waals surface area contributed by atoms with E-state index in [1.807, 2.05) is 0 Å². The molecular formula is C19H16ClN3O4S. The van der Waals surface area contributed by atoms with Crippen LogP contribution in [0.4, 0.5) is 5.00 Å². The summed E-state index contributed by atoms with van der Waals surface area (Å²) in [5, 5.41) is 9.72. The number of nitrogens with one attached hydrogen (secondary N) is 1. The number of esters is 1. The molecule has 0 spiro atoms. The number of hydrogen-bond acceptors (Lipinski definition) is 6. The van der Waals surface area contributed by atoms with E-state index < -0.39 is 11.5 Å². The summed E-state index contributed by atoms with van der Waals surface area (Å²) < 4.78 is 6.16. The fourth-order valence-electron chi connectivity index (χ4n) is 2.58. The average molecular weight is 418 g/mol. The van der Waals surface area contributed by atoms with Gasteiger partial charge in [0.2, 0.25) is 5.91 Å². The summed E-state index contributed by atoms with van der Waals surface area (Å²) >= 11 is 7.17. The number of amides is 1. The molecule has 7 nitrogen and oxygen atoms in total. The number of rotatable bonds is 5. The molecule has 2 heterocycles. The molecule has 9 heteroatoms. The lowest BCUT2D eigenvalue weighted by molar-refractivity contribution is -0.111. The van der Waals surface area contributed by atoms with Crippen LogP contribution in [0.5, 0.6) is 0 Å². The Morgan fingerprint density at radius 3 is 2.86 bits per heavy atom. The van der Waals surface area contributed by atoms with Crippen LogP contribution < -0.4 is 10.9 Å². The van der Waals surface area contributed by atoms with Crippen LogP contribution in [0.2, 0.25) is 5.02 Å². The molecule has 0 aliphatic rings. The number of fused-ring (bicyclic) bond motifs is 1. The molecule has 1 amide bonds. The van der Waals surface area contributed by atoms with Gasteiger partial charge in [-0.2, -0.15) is 9.78 Å². The second kappa shape index (κ2) is 8.37. The summed E-state index contributed by atoms with van der Waals surface area (Å²) in [6.07, 6.45) is 2.93. The standard InChI is InChI=1S/C19H16ClN3O4S/c1-3-6-14(24)21-17-15-13(10-28-17)16(19(26)27-4-2)22-23(18(15)25)12-8-5-7-11(20)9-12/h3,5-10H,4H2,1-2H3,(H,21,24)/b6-3+. The number of carbonyl (C=O) groups is 2. The summed E-state index contributed by atoms with van der Waals surface area (Å²) in [4.78, 5) is 37.5. The van der Waals surface area contributed by atoms with Gasteiger partial charge < -0.3 is 10.1 Å². The molecule has 0 bridgehead atoms. The van der Waals surface area contributed by atoms with Crippen LogP contribution in [0.3, 0.4) is 0 Å². The van der Waals surface area contributed by atoms with E-state index in [-0.39, 0.29) is 23.6 Å². The number of thiophene rings is 1. The largest absolute Gasteiger partial charge is 0.461 e. The van der Waals surface area contributed by atoms with E-state index in [9.17, 15) is 14.4 Å². The van der Waals surface area contributed by atoms with Gasteiger partial charge in [0.25, 0.3) is 5.56 Å². The predicted octanol–water partition coefficient (Wildman–Crippen LogP) is 3.79. The van der Waals surface area contributed by atoms with Crippen molar-refractivity contribution in [2.75, 3.05) is 11.9 Å². The molecular weight excluding hydrogens is 402 g/mol. The monoisotopic (exact) mass is 417 g/mol. The zero-order chi connectivity index (χ0) is 20.3. The van der Waals surface area contributed by atoms with Gasteiger partial charge in [0, 0.05) is 15.8 Å². The Labute approximate surface area is 169 Å². The normalized spacial score (nSPS) is 11.1. The molecule has 1 aromatic carbocycles. The lowest BCUT2D eigenvalue weighted by atomic mass is 10.2. The Bertz CT molecular complexity index is 1150. The van der Waals surface area contributed by atoms with E-state index in [1.54, 1.807) is 49.6 Å². The number of allylic oxidation sites excluding steroid dienone is 1. The van der Waals surface area contributed by atoms with Gasteiger partial charge in [-0.15, -0.1) is 11.3 Å². The van der Waals surface area contributed by atoms with Crippen molar-refractivity contribution in [2.24, 2.45) is 0 Å². The van der Waals surface area contributed by atoms with E-state index in [4.69, 9.17) is 16.3 Å². The lowest BCUT2D eigenvalue weighted by Gasteiger charge is -2.10. The van der Waals surface area contributed by atoms with Gasteiger partial charge in [0.15, 0.2) is 5.69 Å². The smallest absolute Gasteiger partial charge is 0.359 e. The lowest BCUT2D eigenvalue weighted by Crippen LogP contribution is -2.25. The van der Waals surface area contributed by atoms with Gasteiger partial charge in [-0.3, -0.25) is 9.59 Å². The van der Waals surface area contributed by atoms with E-state index in [2.05, 4.69) is 10.4 Å². The molecule has 28 heavy (non-hydrogen) atoms. The predicted molar refractivity (Wildman–Crippen MR) is 110 cm³/mol. The van der Waals surface area contributed by atoms with Crippen molar-refractivity contribution < 1.29 is 14.3 Å². The molecule has 0 aliphatic carbocycles. The molecule has 0 atom stereocenters. The highest BCUT2D eigenvalue weighted by atomic mass is 35.5. The van der Waals surface area contributed by atoms with Crippen LogP contribution in [0, 0.1) is 0 Å². The van der Waals surface area contributed by atoms with Crippen molar-refractivity contribution in [3.8, 4) is 5.69 Å². The molecule has 0 radical (unpaired) electrons. The third-order valence-corrected chi connectivity index (χ3v) is 4.86. The second-order valence-electron chi connectivity index (χ2n) is 5.61. The van der Waals surface area contributed by atoms with Crippen molar-refractivity contribution in [1.29, 1.82) is 0 Å². The molecule has 0 aliphatic heterocycles. The zero-order valence-corrected chi connectivity index (χ0v) is 16.6. The third kappa shape index (κ3) is 3.83. The topological polar surface area (TPSA) is 90.3 Å². The molecule has 0 saturated heterocycles. The van der Waals surface area contributed by atoms with Crippen LogP contribution in [0.15, 0.2) is 46.6 Å². The van der Waals surface area contributed by atoms with Gasteiger partial charge in [0.1, 0.15) is 5.00 Å². The Hall–Kier alpha value is -2.97. The molecule has 144 valence electrons. The first-order valence-electron chi connectivity index (χ1n) is 8.37. The molecule has 1 N–H and O–H groups in total. The first-order valence-corrected chi connectivity index (χ1v) is 9.63. The second-order valence-corrected chi connectivity index (χ2v) is 6.92. The number of halogens is 1. The van der Waals surface area contributed by atoms with Crippen molar-refractivity contribution >= 4 is 50.6 Å². The number of carbonyl (C=O) groups excluding carboxylic acids is 2. The summed E-state index contributed by atoms with van der Waals surface area (Å²) in [6, 6.07) is 6.53. The molecule has 2 aromatic heterocycles. The number of anilines is 1. The van der Waals surface area contributed by atoms with Gasteiger partial charge >= 0.3 is 5.97 Å². The van der Waals surface area contributed by atoms with Gasteiger partial charge in [-0.05, 0) is 38.1 Å². The van der Waals surface area contributed by atoms with Crippen LogP contribution in [0.25, 0.3) is 16.5 Å². The van der Waals surface area contributed by atoms with Gasteiger partial charge in [-0.25, -0.2) is 4.79 Å². The molecule has 3 rings (SSSR count). The van der Waals surface area contributed by atoms with E-state index in [0.717, 1.165) is 16.0 Å². The van der Waals surface area contributed by atoms with E-state index >= 15 is 0 Å². The maximum Gasteiger partial charge on any atom is 0.359 e. The maximum absolute atomic E-state index is 13.1. The summed E-state index contributed by atoms with van der Waals surface area (Å²) in [5.74, 6) is -1.04. The van der Waals surface area contributed by atoms with Crippen molar-refractivity contribution in [3.05, 3.63) is 62.9 Å². The van der Waals surface area contributed by atoms with Gasteiger partial charge in [-0.1, -0.05) is 23.7 Å². The molecule has 0 saturated carbocycles. The fourth-order valence-corrected chi connectivity index (χ4v) is 3.70. The van der Waals surface area contributed by atoms with Gasteiger partial charge in [0.05, 0.1) is 17.7 Å². The summed E-state index contributed by atoms with van der Waals surface area (Å²) in [5.41, 5.74) is -0.108. The number of nitrogens with zero attached hydrogens (tertiary/aromatic N) is 2. The fraction of sp³-hybridized carbons (Fsp3) is 0.158. The minimum atomic E-state index is -0.660. The summed E-state index contributed by atoms with van der Waals surface area (Å²) in [7, 11) is 0. The maximum atomic E-state index is 13.1. The highest BCUT2D eigenvalue weighted by Gasteiger charge is 2.22. The minimum absolute atomic E-state index is 0.0146. The Morgan fingerprint density at radius 2 is 2.18 bits per heavy atom. The zero-order valence-electron chi connectivity index (χ0n) is 15.1. The van der Waals surface area contributed by atoms with Crippen molar-refractivity contribution in [1.82, 2.24) is 9.78 Å². The number of benzene rings is 1. The summed E-state index contributed by atoms with van der Waals surface area (Å²) in [6.45, 7) is 3.55. The van der Waals surface area contributed by atoms with Crippen LogP contribution in [-0.2, 0) is 9.53 Å². The molecule has 3 aromatic rings. The van der Waals surface area contributed by atoms with E-state index in [0.29, 0.717) is 21.1 Å². The highest BCUT2D eigenvalue weighted by Crippen LogP contribution is 2.30. The first kappa shape index (κ1) is 19.8. The molecule has 0 fully saturated rings. The Kier molecular flexibility index (Phi) is 5.91. The Morgan fingerprint density at radius 1 is 1.39 bits per heavy atom. The highest BCUT2D eigenvalue weighted by molar-refractivity contribution is 7.16. The van der Waals surface area contributed by atoms with Crippen LogP contribution in [0.1, 0.15) is 24.3 Å². The Balaban J connectivity index is 2.29. The van der Waals surface area contributed by atoms with Crippen LogP contribution in [-0.4, -0.2) is 28.3 Å². The first-order chi connectivity index (χ1) is 13.5. The number of aromatic nitrogens is 2. The SMILES string of the molecule is C/C=C/C(=O)Nc1scc2c(C(=O)OCC)nn(-c3cccc(Cl)c3)c(=O)c12. The molecule has 0 unspecified atom stereocenters. The minimum Gasteiger partial charge on any atom is -0.461 e. The number of ether oxygens (including phenoxy) is 1. The van der Waals surface area contributed by atoms with Crippen molar-refractivity contribution in [3.63, 3.8) is 0 Å². The quantitative estimate of drug-likeness (QED) is 0.503. The van der Waals surface area contributed by atoms with E-state index in [1.165, 1.54) is 6.08 Å². The number of hydrogen-bond donors (Lipinski definition) is 1. The average Bonchev–Trinajstić information content (AvgIpc) is 3.06. The van der Waals surface area contributed by atoms with Crippen LogP contribution >= 0.6 is 22.9 Å². The third-order valence-electron chi connectivity index (χ3n) is 3.73. The van der Waals surface area contributed by atoms with Crippen molar-refractivity contribution in [2.45, 2.75) is 13.8 Å².